The highest BCUT2D eigenvalue weighted by molar-refractivity contribution is 5.35. The van der Waals surface area contributed by atoms with Crippen LogP contribution in [0.2, 0.25) is 0 Å². The number of fused-ring (bicyclic) bond motifs is 1. The molecule has 0 amide bonds. The van der Waals surface area contributed by atoms with E-state index in [0.717, 1.165) is 30.8 Å². The van der Waals surface area contributed by atoms with Crippen molar-refractivity contribution in [1.82, 2.24) is 20.5 Å². The molecule has 0 saturated heterocycles. The summed E-state index contributed by atoms with van der Waals surface area (Å²) in [5.74, 6) is 0.420. The first kappa shape index (κ1) is 14.1. The summed E-state index contributed by atoms with van der Waals surface area (Å²) in [5, 5.41) is 12.1. The standard InChI is InChI=1S/C17H22N4/c1-4-18-17(15-10-11(2)20-21-12(15)3)14-8-7-13-6-5-9-19-16(13)14/h5-6,9-10,14,17-18H,4,7-8H2,1-3H3. The minimum atomic E-state index is 0.264. The van der Waals surface area contributed by atoms with Gasteiger partial charge in [0.1, 0.15) is 0 Å². The van der Waals surface area contributed by atoms with Crippen molar-refractivity contribution in [2.24, 2.45) is 0 Å². The third-order valence-corrected chi connectivity index (χ3v) is 4.30. The Hall–Kier alpha value is -1.81. The molecule has 2 aromatic rings. The molecule has 1 aliphatic carbocycles. The van der Waals surface area contributed by atoms with E-state index in [0.29, 0.717) is 5.92 Å². The highest BCUT2D eigenvalue weighted by Crippen LogP contribution is 2.40. The molecule has 0 fully saturated rings. The maximum absolute atomic E-state index is 4.65. The van der Waals surface area contributed by atoms with Crippen LogP contribution in [0.3, 0.4) is 0 Å². The summed E-state index contributed by atoms with van der Waals surface area (Å²) in [6.07, 6.45) is 4.17. The molecule has 0 aliphatic heterocycles. The lowest BCUT2D eigenvalue weighted by atomic mass is 9.90. The van der Waals surface area contributed by atoms with Gasteiger partial charge in [-0.15, -0.1) is 0 Å². The molecule has 0 bridgehead atoms. The zero-order valence-corrected chi connectivity index (χ0v) is 12.9. The smallest absolute Gasteiger partial charge is 0.0648 e. The zero-order chi connectivity index (χ0) is 14.8. The minimum Gasteiger partial charge on any atom is -0.310 e. The number of hydrogen-bond acceptors (Lipinski definition) is 4. The van der Waals surface area contributed by atoms with Gasteiger partial charge in [0.25, 0.3) is 0 Å². The van der Waals surface area contributed by atoms with E-state index in [9.17, 15) is 0 Å². The zero-order valence-electron chi connectivity index (χ0n) is 12.9. The maximum atomic E-state index is 4.65. The van der Waals surface area contributed by atoms with Crippen LogP contribution in [-0.2, 0) is 6.42 Å². The van der Waals surface area contributed by atoms with Crippen molar-refractivity contribution in [3.8, 4) is 0 Å². The molecule has 1 N–H and O–H groups in total. The number of nitrogens with one attached hydrogen (secondary N) is 1. The average Bonchev–Trinajstić information content (AvgIpc) is 2.91. The van der Waals surface area contributed by atoms with Gasteiger partial charge in [-0.3, -0.25) is 4.98 Å². The molecule has 4 nitrogen and oxygen atoms in total. The molecule has 0 saturated carbocycles. The van der Waals surface area contributed by atoms with Crippen LogP contribution in [0.4, 0.5) is 0 Å². The summed E-state index contributed by atoms with van der Waals surface area (Å²) >= 11 is 0. The second-order valence-electron chi connectivity index (χ2n) is 5.75. The maximum Gasteiger partial charge on any atom is 0.0648 e. The summed E-state index contributed by atoms with van der Waals surface area (Å²) in [6, 6.07) is 6.66. The fraction of sp³-hybridized carbons (Fsp3) is 0.471. The monoisotopic (exact) mass is 282 g/mol. The van der Waals surface area contributed by atoms with Gasteiger partial charge in [0.05, 0.1) is 11.4 Å². The van der Waals surface area contributed by atoms with Crippen LogP contribution in [0.15, 0.2) is 24.4 Å². The van der Waals surface area contributed by atoms with Gasteiger partial charge in [0.2, 0.25) is 0 Å². The molecular formula is C17H22N4. The van der Waals surface area contributed by atoms with Crippen LogP contribution in [0.25, 0.3) is 0 Å². The average molecular weight is 282 g/mol. The third kappa shape index (κ3) is 2.68. The number of pyridine rings is 1. The molecule has 110 valence electrons. The van der Waals surface area contributed by atoms with Crippen molar-refractivity contribution < 1.29 is 0 Å². The summed E-state index contributed by atoms with van der Waals surface area (Å²) in [4.78, 5) is 4.65. The molecule has 4 heteroatoms. The second-order valence-corrected chi connectivity index (χ2v) is 5.75. The van der Waals surface area contributed by atoms with Crippen LogP contribution in [0.5, 0.6) is 0 Å². The summed E-state index contributed by atoms with van der Waals surface area (Å²) in [6.45, 7) is 7.13. The van der Waals surface area contributed by atoms with E-state index >= 15 is 0 Å². The van der Waals surface area contributed by atoms with Crippen molar-refractivity contribution >= 4 is 0 Å². The predicted molar refractivity (Wildman–Crippen MR) is 83.2 cm³/mol. The minimum absolute atomic E-state index is 0.264. The lowest BCUT2D eigenvalue weighted by Gasteiger charge is -2.26. The number of hydrogen-bond donors (Lipinski definition) is 1. The van der Waals surface area contributed by atoms with Crippen LogP contribution >= 0.6 is 0 Å². The van der Waals surface area contributed by atoms with E-state index in [1.165, 1.54) is 16.8 Å². The largest absolute Gasteiger partial charge is 0.310 e. The summed E-state index contributed by atoms with van der Waals surface area (Å²) in [7, 11) is 0. The Balaban J connectivity index is 2.01. The van der Waals surface area contributed by atoms with E-state index in [-0.39, 0.29) is 6.04 Å². The Morgan fingerprint density at radius 3 is 3.00 bits per heavy atom. The first-order chi connectivity index (χ1) is 10.2. The molecule has 21 heavy (non-hydrogen) atoms. The quantitative estimate of drug-likeness (QED) is 0.937. The topological polar surface area (TPSA) is 50.7 Å². The Morgan fingerprint density at radius 1 is 1.33 bits per heavy atom. The van der Waals surface area contributed by atoms with Gasteiger partial charge in [-0.25, -0.2) is 0 Å². The van der Waals surface area contributed by atoms with Gasteiger partial charge in [-0.05, 0) is 56.5 Å². The number of aromatic nitrogens is 3. The van der Waals surface area contributed by atoms with Gasteiger partial charge in [-0.1, -0.05) is 13.0 Å². The molecule has 0 spiro atoms. The van der Waals surface area contributed by atoms with Crippen molar-refractivity contribution in [1.29, 1.82) is 0 Å². The molecule has 0 aromatic carbocycles. The van der Waals surface area contributed by atoms with E-state index in [4.69, 9.17) is 0 Å². The molecule has 2 heterocycles. The highest BCUT2D eigenvalue weighted by atomic mass is 15.1. The molecule has 3 rings (SSSR count). The normalized spacial score (nSPS) is 18.5. The number of likely N-dealkylation sites (N-methyl/N-ethyl adjacent to an activating group) is 1. The molecule has 2 aromatic heterocycles. The number of rotatable bonds is 4. The van der Waals surface area contributed by atoms with Crippen molar-refractivity contribution in [3.05, 3.63) is 52.6 Å². The second kappa shape index (κ2) is 5.90. The van der Waals surface area contributed by atoms with Crippen molar-refractivity contribution in [2.75, 3.05) is 6.54 Å². The Kier molecular flexibility index (Phi) is 3.97. The highest BCUT2D eigenvalue weighted by Gasteiger charge is 2.32. The molecule has 1 aliphatic rings. The molecule has 2 atom stereocenters. The van der Waals surface area contributed by atoms with E-state index < -0.39 is 0 Å². The predicted octanol–water partition coefficient (Wildman–Crippen LogP) is 2.87. The Labute approximate surface area is 126 Å². The van der Waals surface area contributed by atoms with Gasteiger partial charge in [0, 0.05) is 23.9 Å². The van der Waals surface area contributed by atoms with E-state index in [2.05, 4.69) is 39.6 Å². The molecule has 2 unspecified atom stereocenters. The van der Waals surface area contributed by atoms with Gasteiger partial charge in [0.15, 0.2) is 0 Å². The Morgan fingerprint density at radius 2 is 2.19 bits per heavy atom. The number of aryl methyl sites for hydroxylation is 3. The van der Waals surface area contributed by atoms with Crippen LogP contribution in [0.1, 0.15) is 53.5 Å². The van der Waals surface area contributed by atoms with E-state index in [1.54, 1.807) is 0 Å². The Bertz CT molecular complexity index is 638. The third-order valence-electron chi connectivity index (χ3n) is 4.30. The molecule has 0 radical (unpaired) electrons. The van der Waals surface area contributed by atoms with Crippen molar-refractivity contribution in [3.63, 3.8) is 0 Å². The van der Waals surface area contributed by atoms with Gasteiger partial charge in [-0.2, -0.15) is 10.2 Å². The number of nitrogens with zero attached hydrogens (tertiary/aromatic N) is 3. The fourth-order valence-electron chi connectivity index (χ4n) is 3.34. The van der Waals surface area contributed by atoms with Crippen LogP contribution in [-0.4, -0.2) is 21.7 Å². The first-order valence-corrected chi connectivity index (χ1v) is 7.68. The lowest BCUT2D eigenvalue weighted by molar-refractivity contribution is 0.443. The van der Waals surface area contributed by atoms with Gasteiger partial charge >= 0.3 is 0 Å². The molecular weight excluding hydrogens is 260 g/mol. The van der Waals surface area contributed by atoms with Crippen molar-refractivity contribution in [2.45, 2.75) is 45.6 Å². The lowest BCUT2D eigenvalue weighted by Crippen LogP contribution is -2.27. The van der Waals surface area contributed by atoms with E-state index in [1.807, 2.05) is 26.1 Å². The van der Waals surface area contributed by atoms with Crippen LogP contribution in [0, 0.1) is 13.8 Å². The fourth-order valence-corrected chi connectivity index (χ4v) is 3.34. The first-order valence-electron chi connectivity index (χ1n) is 7.68. The summed E-state index contributed by atoms with van der Waals surface area (Å²) < 4.78 is 0. The van der Waals surface area contributed by atoms with Crippen LogP contribution < -0.4 is 5.32 Å². The SMILES string of the molecule is CCNC(c1cc(C)nnc1C)C1CCc2cccnc21. The summed E-state index contributed by atoms with van der Waals surface area (Å²) in [5.41, 5.74) is 5.88. The van der Waals surface area contributed by atoms with Gasteiger partial charge < -0.3 is 5.32 Å².